The van der Waals surface area contributed by atoms with E-state index < -0.39 is 12.1 Å². The minimum atomic E-state index is -0.790. The summed E-state index contributed by atoms with van der Waals surface area (Å²) in [6.45, 7) is 2.13. The molecule has 0 aliphatic carbocycles. The van der Waals surface area contributed by atoms with Gasteiger partial charge in [-0.1, -0.05) is 90.4 Å². The van der Waals surface area contributed by atoms with E-state index >= 15 is 0 Å². The van der Waals surface area contributed by atoms with Crippen molar-refractivity contribution in [1.82, 2.24) is 0 Å². The Kier molecular flexibility index (Phi) is 19.1. The number of carbonyl (C=O) groups excluding carboxylic acids is 1. The largest absolute Gasteiger partial charge is 0.386 e. The molecule has 0 aliphatic heterocycles. The molecule has 1 N–H and O–H groups in total. The molecule has 0 rings (SSSR count). The van der Waals surface area contributed by atoms with Crippen LogP contribution in [0.4, 0.5) is 0 Å². The van der Waals surface area contributed by atoms with Crippen LogP contribution in [0.3, 0.4) is 0 Å². The maximum absolute atomic E-state index is 11.2. The molecule has 0 spiro atoms. The highest BCUT2D eigenvalue weighted by molar-refractivity contribution is 5.50. The van der Waals surface area contributed by atoms with E-state index in [2.05, 4.69) is 6.92 Å². The zero-order chi connectivity index (χ0) is 20.2. The van der Waals surface area contributed by atoms with Crippen molar-refractivity contribution in [3.8, 4) is 0 Å². The smallest absolute Gasteiger partial charge is 0.238 e. The van der Waals surface area contributed by atoms with Gasteiger partial charge in [0.25, 0.3) is 0 Å². The van der Waals surface area contributed by atoms with Crippen molar-refractivity contribution in [3.05, 3.63) is 10.1 Å². The predicted molar refractivity (Wildman–Crippen MR) is 111 cm³/mol. The van der Waals surface area contributed by atoms with E-state index in [0.29, 0.717) is 19.3 Å². The van der Waals surface area contributed by atoms with Gasteiger partial charge in [0.2, 0.25) is 6.04 Å². The van der Waals surface area contributed by atoms with Crippen molar-refractivity contribution >= 4 is 6.29 Å². The maximum atomic E-state index is 11.2. The fourth-order valence-electron chi connectivity index (χ4n) is 3.55. The van der Waals surface area contributed by atoms with E-state index in [0.717, 1.165) is 57.8 Å². The SMILES string of the molecule is CCCCCCC(O)C(CCCCCCCCCCCCC[C]=O)[N+](=O)[O-]. The molecule has 5 nitrogen and oxygen atoms in total. The van der Waals surface area contributed by atoms with E-state index in [1.165, 1.54) is 38.5 Å². The molecular formula is C22H42NO4. The molecule has 159 valence electrons. The van der Waals surface area contributed by atoms with E-state index in [1.807, 2.05) is 6.29 Å². The first kappa shape index (κ1) is 26.0. The van der Waals surface area contributed by atoms with Crippen LogP contribution in [-0.4, -0.2) is 28.5 Å². The second-order valence-electron chi connectivity index (χ2n) is 7.84. The van der Waals surface area contributed by atoms with Gasteiger partial charge in [0.1, 0.15) is 6.10 Å². The number of aliphatic hydroxyl groups is 1. The van der Waals surface area contributed by atoms with Crippen molar-refractivity contribution < 1.29 is 14.8 Å². The van der Waals surface area contributed by atoms with Gasteiger partial charge < -0.3 is 5.11 Å². The van der Waals surface area contributed by atoms with E-state index in [9.17, 15) is 20.0 Å². The average molecular weight is 385 g/mol. The second kappa shape index (κ2) is 19.8. The van der Waals surface area contributed by atoms with Crippen LogP contribution in [0.2, 0.25) is 0 Å². The summed E-state index contributed by atoms with van der Waals surface area (Å²) in [7, 11) is 0. The molecule has 2 atom stereocenters. The molecule has 1 radical (unpaired) electrons. The zero-order valence-electron chi connectivity index (χ0n) is 17.5. The molecule has 2 unspecified atom stereocenters. The molecule has 5 heteroatoms. The first-order chi connectivity index (χ1) is 13.1. The molecule has 0 aromatic heterocycles. The van der Waals surface area contributed by atoms with Crippen LogP contribution in [0.15, 0.2) is 0 Å². The minimum absolute atomic E-state index is 0.280. The van der Waals surface area contributed by atoms with Crippen LogP contribution in [0.1, 0.15) is 122 Å². The lowest BCUT2D eigenvalue weighted by molar-refractivity contribution is -0.535. The normalized spacial score (nSPS) is 13.4. The third-order valence-corrected chi connectivity index (χ3v) is 5.35. The number of rotatable bonds is 21. The fraction of sp³-hybridized carbons (Fsp3) is 0.955. The Morgan fingerprint density at radius 3 is 1.70 bits per heavy atom. The quantitative estimate of drug-likeness (QED) is 0.146. The maximum Gasteiger partial charge on any atom is 0.238 e. The van der Waals surface area contributed by atoms with Gasteiger partial charge in [0.15, 0.2) is 6.29 Å². The first-order valence-corrected chi connectivity index (χ1v) is 11.3. The van der Waals surface area contributed by atoms with Gasteiger partial charge >= 0.3 is 0 Å². The van der Waals surface area contributed by atoms with Crippen LogP contribution in [-0.2, 0) is 4.79 Å². The lowest BCUT2D eigenvalue weighted by Crippen LogP contribution is -2.33. The highest BCUT2D eigenvalue weighted by atomic mass is 16.6. The van der Waals surface area contributed by atoms with Crippen LogP contribution < -0.4 is 0 Å². The summed E-state index contributed by atoms with van der Waals surface area (Å²) >= 11 is 0. The Hall–Kier alpha value is -0.970. The van der Waals surface area contributed by atoms with E-state index in [-0.39, 0.29) is 4.92 Å². The van der Waals surface area contributed by atoms with Gasteiger partial charge in [-0.25, -0.2) is 0 Å². The first-order valence-electron chi connectivity index (χ1n) is 11.3. The van der Waals surface area contributed by atoms with Crippen molar-refractivity contribution in [3.63, 3.8) is 0 Å². The van der Waals surface area contributed by atoms with Gasteiger partial charge in [-0.2, -0.15) is 0 Å². The Balaban J connectivity index is 3.56. The molecule has 0 saturated heterocycles. The third-order valence-electron chi connectivity index (χ3n) is 5.35. The van der Waals surface area contributed by atoms with Crippen molar-refractivity contribution in [2.45, 2.75) is 135 Å². The molecule has 27 heavy (non-hydrogen) atoms. The third kappa shape index (κ3) is 16.9. The van der Waals surface area contributed by atoms with Crippen LogP contribution in [0, 0.1) is 10.1 Å². The summed E-state index contributed by atoms with van der Waals surface area (Å²) in [5.41, 5.74) is 0. The van der Waals surface area contributed by atoms with Crippen molar-refractivity contribution in [2.75, 3.05) is 0 Å². The molecule has 0 aromatic rings. The second-order valence-corrected chi connectivity index (χ2v) is 7.84. The predicted octanol–water partition coefficient (Wildman–Crippen LogP) is 6.14. The summed E-state index contributed by atoms with van der Waals surface area (Å²) < 4.78 is 0. The van der Waals surface area contributed by atoms with E-state index in [1.54, 1.807) is 0 Å². The topological polar surface area (TPSA) is 80.4 Å². The summed E-state index contributed by atoms with van der Waals surface area (Å²) in [5.74, 6) is 0. The van der Waals surface area contributed by atoms with Gasteiger partial charge in [0.05, 0.1) is 0 Å². The number of nitro groups is 1. The highest BCUT2D eigenvalue weighted by Gasteiger charge is 2.28. The summed E-state index contributed by atoms with van der Waals surface area (Å²) in [6, 6.07) is -0.788. The number of hydrogen-bond acceptors (Lipinski definition) is 4. The molecule has 0 heterocycles. The van der Waals surface area contributed by atoms with E-state index in [4.69, 9.17) is 0 Å². The summed E-state index contributed by atoms with van der Waals surface area (Å²) in [6.07, 6.45) is 19.5. The van der Waals surface area contributed by atoms with Crippen molar-refractivity contribution in [1.29, 1.82) is 0 Å². The molecule has 0 fully saturated rings. The van der Waals surface area contributed by atoms with Gasteiger partial charge in [-0.05, 0) is 19.3 Å². The van der Waals surface area contributed by atoms with Crippen LogP contribution in [0.5, 0.6) is 0 Å². The van der Waals surface area contributed by atoms with Gasteiger partial charge in [-0.15, -0.1) is 0 Å². The Morgan fingerprint density at radius 1 is 0.778 bits per heavy atom. The van der Waals surface area contributed by atoms with Gasteiger partial charge in [0, 0.05) is 17.8 Å². The standard InChI is InChI=1S/C22H42NO4/c1-2-3-4-16-19-22(25)21(23(26)27)18-15-13-11-9-7-5-6-8-10-12-14-17-20-24/h21-22,25H,2-19H2,1H3. The summed E-state index contributed by atoms with van der Waals surface area (Å²) in [4.78, 5) is 21.0. The molecule has 0 amide bonds. The minimum Gasteiger partial charge on any atom is -0.386 e. The lowest BCUT2D eigenvalue weighted by Gasteiger charge is -2.16. The average Bonchev–Trinajstić information content (AvgIpc) is 2.65. The highest BCUT2D eigenvalue weighted by Crippen LogP contribution is 2.17. The van der Waals surface area contributed by atoms with Crippen LogP contribution in [0.25, 0.3) is 0 Å². The monoisotopic (exact) mass is 384 g/mol. The molecular weight excluding hydrogens is 342 g/mol. The zero-order valence-corrected chi connectivity index (χ0v) is 17.5. The Labute approximate surface area is 166 Å². The number of unbranched alkanes of at least 4 members (excludes halogenated alkanes) is 14. The Morgan fingerprint density at radius 2 is 1.22 bits per heavy atom. The van der Waals surface area contributed by atoms with Gasteiger partial charge in [-0.3, -0.25) is 14.9 Å². The fourth-order valence-corrected chi connectivity index (χ4v) is 3.55. The summed E-state index contributed by atoms with van der Waals surface area (Å²) in [5, 5.41) is 21.3. The molecule has 0 bridgehead atoms. The van der Waals surface area contributed by atoms with Crippen molar-refractivity contribution in [2.24, 2.45) is 0 Å². The molecule has 0 aromatic carbocycles. The molecule has 0 saturated carbocycles. The number of nitrogens with zero attached hydrogens (tertiary/aromatic N) is 1. The Bertz CT molecular complexity index is 349. The van der Waals surface area contributed by atoms with Crippen LogP contribution >= 0.6 is 0 Å². The number of aliphatic hydroxyl groups excluding tert-OH is 1. The lowest BCUT2D eigenvalue weighted by atomic mass is 9.98. The number of hydrogen-bond donors (Lipinski definition) is 1. The molecule has 0 aliphatic rings.